The van der Waals surface area contributed by atoms with E-state index in [-0.39, 0.29) is 29.6 Å². The van der Waals surface area contributed by atoms with Crippen LogP contribution in [-0.2, 0) is 4.79 Å². The molecule has 1 fully saturated rings. The highest BCUT2D eigenvalue weighted by atomic mass is 35.5. The Bertz CT molecular complexity index is 507. The molecule has 24 heavy (non-hydrogen) atoms. The smallest absolute Gasteiger partial charge is 0.220 e. The first-order chi connectivity index (χ1) is 10.9. The molecule has 1 aliphatic rings. The van der Waals surface area contributed by atoms with Gasteiger partial charge in [0.05, 0.1) is 0 Å². The molecule has 0 aromatic heterocycles. The Labute approximate surface area is 153 Å². The van der Waals surface area contributed by atoms with Crippen molar-refractivity contribution in [1.82, 2.24) is 10.6 Å². The van der Waals surface area contributed by atoms with Gasteiger partial charge < -0.3 is 10.6 Å². The third-order valence-corrected chi connectivity index (χ3v) is 5.19. The fraction of sp³-hybridized carbons (Fsp3) is 0.650. The Morgan fingerprint density at radius 1 is 1.12 bits per heavy atom. The van der Waals surface area contributed by atoms with E-state index in [2.05, 4.69) is 62.6 Å². The van der Waals surface area contributed by atoms with Crippen LogP contribution in [0.3, 0.4) is 0 Å². The first kappa shape index (κ1) is 21.0. The van der Waals surface area contributed by atoms with Gasteiger partial charge in [0.1, 0.15) is 0 Å². The fourth-order valence-corrected chi connectivity index (χ4v) is 3.20. The minimum atomic E-state index is 0. The number of hydrogen-bond acceptors (Lipinski definition) is 2. The Balaban J connectivity index is 0.00000288. The Morgan fingerprint density at radius 2 is 1.67 bits per heavy atom. The van der Waals surface area contributed by atoms with Crippen molar-refractivity contribution >= 4 is 18.3 Å². The van der Waals surface area contributed by atoms with Crippen molar-refractivity contribution in [2.24, 2.45) is 5.41 Å². The minimum Gasteiger partial charge on any atom is -0.356 e. The van der Waals surface area contributed by atoms with Crippen molar-refractivity contribution in [3.8, 4) is 0 Å². The van der Waals surface area contributed by atoms with Crippen LogP contribution in [0.2, 0.25) is 0 Å². The van der Waals surface area contributed by atoms with Crippen LogP contribution in [-0.4, -0.2) is 25.5 Å². The van der Waals surface area contributed by atoms with Crippen LogP contribution in [0.15, 0.2) is 24.3 Å². The maximum atomic E-state index is 12.3. The topological polar surface area (TPSA) is 41.1 Å². The van der Waals surface area contributed by atoms with E-state index in [0.717, 1.165) is 32.5 Å². The van der Waals surface area contributed by atoms with Crippen molar-refractivity contribution in [3.05, 3.63) is 35.4 Å². The van der Waals surface area contributed by atoms with Gasteiger partial charge in [0.2, 0.25) is 5.91 Å². The maximum Gasteiger partial charge on any atom is 0.220 e. The van der Waals surface area contributed by atoms with Gasteiger partial charge in [-0.05, 0) is 54.3 Å². The van der Waals surface area contributed by atoms with Crippen LogP contribution in [0.1, 0.15) is 69.9 Å². The molecule has 1 saturated heterocycles. The summed E-state index contributed by atoms with van der Waals surface area (Å²) in [7, 11) is 0. The SMILES string of the molecule is CC(C)c1ccc(C(C)CC(=O)NCC2(C)CCNCC2)cc1.Cl. The summed E-state index contributed by atoms with van der Waals surface area (Å²) in [6.45, 7) is 11.7. The molecule has 4 heteroatoms. The van der Waals surface area contributed by atoms with Crippen LogP contribution in [0, 0.1) is 5.41 Å². The molecule has 1 amide bonds. The molecule has 136 valence electrons. The van der Waals surface area contributed by atoms with Crippen LogP contribution >= 0.6 is 12.4 Å². The lowest BCUT2D eigenvalue weighted by Crippen LogP contribution is -2.43. The number of amides is 1. The molecule has 1 atom stereocenters. The largest absolute Gasteiger partial charge is 0.356 e. The number of nitrogens with one attached hydrogen (secondary N) is 2. The van der Waals surface area contributed by atoms with E-state index >= 15 is 0 Å². The molecule has 1 aliphatic heterocycles. The van der Waals surface area contributed by atoms with Gasteiger partial charge in [-0.25, -0.2) is 0 Å². The lowest BCUT2D eigenvalue weighted by atomic mass is 9.81. The van der Waals surface area contributed by atoms with E-state index in [9.17, 15) is 4.79 Å². The number of piperidine rings is 1. The van der Waals surface area contributed by atoms with E-state index in [1.54, 1.807) is 0 Å². The molecule has 3 nitrogen and oxygen atoms in total. The summed E-state index contributed by atoms with van der Waals surface area (Å²) in [5.41, 5.74) is 2.85. The van der Waals surface area contributed by atoms with E-state index in [1.165, 1.54) is 11.1 Å². The van der Waals surface area contributed by atoms with Crippen molar-refractivity contribution in [1.29, 1.82) is 0 Å². The van der Waals surface area contributed by atoms with Gasteiger partial charge in [0, 0.05) is 13.0 Å². The van der Waals surface area contributed by atoms with E-state index in [0.29, 0.717) is 12.3 Å². The Morgan fingerprint density at radius 3 is 2.21 bits per heavy atom. The number of halogens is 1. The van der Waals surface area contributed by atoms with Gasteiger partial charge in [-0.15, -0.1) is 12.4 Å². The van der Waals surface area contributed by atoms with Gasteiger partial charge in [0.25, 0.3) is 0 Å². The molecule has 0 radical (unpaired) electrons. The molecule has 0 saturated carbocycles. The molecule has 2 N–H and O–H groups in total. The van der Waals surface area contributed by atoms with Crippen LogP contribution < -0.4 is 10.6 Å². The minimum absolute atomic E-state index is 0. The molecule has 1 unspecified atom stereocenters. The predicted octanol–water partition coefficient (Wildman–Crippen LogP) is 4.23. The molecule has 1 aromatic rings. The molecule has 1 heterocycles. The molecular formula is C20H33ClN2O. The maximum absolute atomic E-state index is 12.3. The molecule has 0 bridgehead atoms. The highest BCUT2D eigenvalue weighted by Gasteiger charge is 2.27. The number of hydrogen-bond donors (Lipinski definition) is 2. The fourth-order valence-electron chi connectivity index (χ4n) is 3.20. The normalized spacial score (nSPS) is 17.9. The summed E-state index contributed by atoms with van der Waals surface area (Å²) < 4.78 is 0. The number of benzene rings is 1. The standard InChI is InChI=1S/C20H32N2O.ClH/c1-15(2)17-5-7-18(8-6-17)16(3)13-19(23)22-14-20(4)9-11-21-12-10-20;/h5-8,15-16,21H,9-14H2,1-4H3,(H,22,23);1H. The summed E-state index contributed by atoms with van der Waals surface area (Å²) in [5.74, 6) is 0.982. The molecule has 0 spiro atoms. The lowest BCUT2D eigenvalue weighted by molar-refractivity contribution is -0.122. The van der Waals surface area contributed by atoms with Gasteiger partial charge in [-0.3, -0.25) is 4.79 Å². The second-order valence-electron chi connectivity index (χ2n) is 7.76. The summed E-state index contributed by atoms with van der Waals surface area (Å²) in [5, 5.41) is 6.54. The first-order valence-electron chi connectivity index (χ1n) is 8.97. The average Bonchev–Trinajstić information content (AvgIpc) is 2.54. The van der Waals surface area contributed by atoms with E-state index in [4.69, 9.17) is 0 Å². The number of carbonyl (C=O) groups excluding carboxylic acids is 1. The number of rotatable bonds is 6. The van der Waals surface area contributed by atoms with E-state index < -0.39 is 0 Å². The van der Waals surface area contributed by atoms with Gasteiger partial charge >= 0.3 is 0 Å². The van der Waals surface area contributed by atoms with Crippen molar-refractivity contribution in [2.75, 3.05) is 19.6 Å². The van der Waals surface area contributed by atoms with Crippen molar-refractivity contribution < 1.29 is 4.79 Å². The van der Waals surface area contributed by atoms with Crippen LogP contribution in [0.4, 0.5) is 0 Å². The Kier molecular flexibility index (Phi) is 8.24. The highest BCUT2D eigenvalue weighted by Crippen LogP contribution is 2.27. The Hall–Kier alpha value is -1.06. The third kappa shape index (κ3) is 6.10. The summed E-state index contributed by atoms with van der Waals surface area (Å²) in [6, 6.07) is 8.71. The van der Waals surface area contributed by atoms with Gasteiger partial charge in [0.15, 0.2) is 0 Å². The third-order valence-electron chi connectivity index (χ3n) is 5.19. The second-order valence-corrected chi connectivity index (χ2v) is 7.76. The average molecular weight is 353 g/mol. The summed E-state index contributed by atoms with van der Waals surface area (Å²) in [6.07, 6.45) is 2.84. The summed E-state index contributed by atoms with van der Waals surface area (Å²) in [4.78, 5) is 12.3. The zero-order chi connectivity index (χ0) is 16.9. The van der Waals surface area contributed by atoms with Gasteiger partial charge in [-0.1, -0.05) is 52.0 Å². The molecular weight excluding hydrogens is 320 g/mol. The monoisotopic (exact) mass is 352 g/mol. The second kappa shape index (κ2) is 9.43. The molecule has 0 aliphatic carbocycles. The highest BCUT2D eigenvalue weighted by molar-refractivity contribution is 5.85. The lowest BCUT2D eigenvalue weighted by Gasteiger charge is -2.34. The zero-order valence-corrected chi connectivity index (χ0v) is 16.3. The van der Waals surface area contributed by atoms with Crippen molar-refractivity contribution in [2.45, 2.75) is 58.8 Å². The molecule has 2 rings (SSSR count). The van der Waals surface area contributed by atoms with Crippen LogP contribution in [0.5, 0.6) is 0 Å². The quantitative estimate of drug-likeness (QED) is 0.804. The van der Waals surface area contributed by atoms with Gasteiger partial charge in [-0.2, -0.15) is 0 Å². The van der Waals surface area contributed by atoms with Crippen molar-refractivity contribution in [3.63, 3.8) is 0 Å². The van der Waals surface area contributed by atoms with E-state index in [1.807, 2.05) is 0 Å². The molecule has 1 aromatic carbocycles. The number of carbonyl (C=O) groups is 1. The first-order valence-corrected chi connectivity index (χ1v) is 8.97. The summed E-state index contributed by atoms with van der Waals surface area (Å²) >= 11 is 0. The predicted molar refractivity (Wildman–Crippen MR) is 104 cm³/mol. The van der Waals surface area contributed by atoms with Crippen LogP contribution in [0.25, 0.3) is 0 Å². The zero-order valence-electron chi connectivity index (χ0n) is 15.5.